The standard InChI is InChI=1S/C15H25N3O2S/c1-4-9-18(14-6-7-14)21(19,20)15-8-5-13(11-17-15)10-16-12(2)3/h5,8,11-12,14,16H,4,6-7,9-10H2,1-3H3. The van der Waals surface area contributed by atoms with Crippen LogP contribution >= 0.6 is 0 Å². The monoisotopic (exact) mass is 311 g/mol. The number of aromatic nitrogens is 1. The summed E-state index contributed by atoms with van der Waals surface area (Å²) in [5.41, 5.74) is 0.996. The Morgan fingerprint density at radius 3 is 2.57 bits per heavy atom. The molecule has 0 aliphatic heterocycles. The van der Waals surface area contributed by atoms with Gasteiger partial charge in [-0.25, -0.2) is 13.4 Å². The van der Waals surface area contributed by atoms with Gasteiger partial charge in [0.05, 0.1) is 0 Å². The van der Waals surface area contributed by atoms with Gasteiger partial charge in [-0.3, -0.25) is 0 Å². The van der Waals surface area contributed by atoms with Gasteiger partial charge < -0.3 is 5.32 Å². The van der Waals surface area contributed by atoms with Crippen molar-refractivity contribution < 1.29 is 8.42 Å². The Bertz CT molecular complexity index is 551. The molecule has 0 atom stereocenters. The molecule has 0 aromatic carbocycles. The van der Waals surface area contributed by atoms with E-state index in [4.69, 9.17) is 0 Å². The largest absolute Gasteiger partial charge is 0.310 e. The van der Waals surface area contributed by atoms with Crippen molar-refractivity contribution in [2.45, 2.75) is 63.7 Å². The second kappa shape index (κ2) is 6.85. The van der Waals surface area contributed by atoms with E-state index in [1.54, 1.807) is 16.6 Å². The molecule has 0 amide bonds. The van der Waals surface area contributed by atoms with Crippen LogP contribution in [0.3, 0.4) is 0 Å². The highest BCUT2D eigenvalue weighted by atomic mass is 32.2. The summed E-state index contributed by atoms with van der Waals surface area (Å²) in [6.07, 6.45) is 4.41. The lowest BCUT2D eigenvalue weighted by Crippen LogP contribution is -2.34. The maximum Gasteiger partial charge on any atom is 0.260 e. The van der Waals surface area contributed by atoms with E-state index in [2.05, 4.69) is 24.1 Å². The predicted molar refractivity (Wildman–Crippen MR) is 83.4 cm³/mol. The highest BCUT2D eigenvalue weighted by Gasteiger charge is 2.37. The van der Waals surface area contributed by atoms with Gasteiger partial charge in [0.2, 0.25) is 0 Å². The first kappa shape index (κ1) is 16.4. The number of hydrogen-bond acceptors (Lipinski definition) is 4. The maximum absolute atomic E-state index is 12.6. The molecule has 1 aliphatic carbocycles. The molecule has 1 saturated carbocycles. The summed E-state index contributed by atoms with van der Waals surface area (Å²) in [5, 5.41) is 3.45. The molecule has 5 nitrogen and oxygen atoms in total. The van der Waals surface area contributed by atoms with Gasteiger partial charge in [0.15, 0.2) is 5.03 Å². The van der Waals surface area contributed by atoms with Crippen molar-refractivity contribution in [1.82, 2.24) is 14.6 Å². The zero-order valence-electron chi connectivity index (χ0n) is 13.0. The van der Waals surface area contributed by atoms with Crippen LogP contribution in [-0.4, -0.2) is 36.3 Å². The quantitative estimate of drug-likeness (QED) is 0.799. The summed E-state index contributed by atoms with van der Waals surface area (Å²) >= 11 is 0. The molecule has 21 heavy (non-hydrogen) atoms. The van der Waals surface area contributed by atoms with E-state index in [1.165, 1.54) is 0 Å². The molecular formula is C15H25N3O2S. The van der Waals surface area contributed by atoms with E-state index >= 15 is 0 Å². The van der Waals surface area contributed by atoms with Crippen molar-refractivity contribution in [3.63, 3.8) is 0 Å². The average Bonchev–Trinajstić information content (AvgIpc) is 3.27. The summed E-state index contributed by atoms with van der Waals surface area (Å²) in [7, 11) is -3.45. The van der Waals surface area contributed by atoms with Gasteiger partial charge in [0.25, 0.3) is 10.0 Å². The zero-order valence-corrected chi connectivity index (χ0v) is 13.9. The van der Waals surface area contributed by atoms with Gasteiger partial charge in [-0.2, -0.15) is 4.31 Å². The molecule has 1 fully saturated rings. The Balaban J connectivity index is 2.12. The van der Waals surface area contributed by atoms with E-state index in [9.17, 15) is 8.42 Å². The van der Waals surface area contributed by atoms with Gasteiger partial charge in [-0.15, -0.1) is 0 Å². The Morgan fingerprint density at radius 1 is 1.38 bits per heavy atom. The topological polar surface area (TPSA) is 62.3 Å². The van der Waals surface area contributed by atoms with Gasteiger partial charge in [0.1, 0.15) is 0 Å². The van der Waals surface area contributed by atoms with Crippen LogP contribution in [0.5, 0.6) is 0 Å². The third kappa shape index (κ3) is 4.25. The molecule has 0 radical (unpaired) electrons. The van der Waals surface area contributed by atoms with E-state index < -0.39 is 10.0 Å². The smallest absolute Gasteiger partial charge is 0.260 e. The first-order valence-corrected chi connectivity index (χ1v) is 9.09. The summed E-state index contributed by atoms with van der Waals surface area (Å²) in [6.45, 7) is 7.42. The van der Waals surface area contributed by atoms with Crippen LogP contribution in [0.1, 0.15) is 45.6 Å². The van der Waals surface area contributed by atoms with Gasteiger partial charge in [-0.05, 0) is 30.9 Å². The molecule has 1 aliphatic rings. The zero-order chi connectivity index (χ0) is 15.5. The second-order valence-corrected chi connectivity index (χ2v) is 7.72. The molecule has 0 bridgehead atoms. The van der Waals surface area contributed by atoms with Gasteiger partial charge >= 0.3 is 0 Å². The first-order valence-electron chi connectivity index (χ1n) is 7.65. The fourth-order valence-corrected chi connectivity index (χ4v) is 3.88. The molecule has 1 N–H and O–H groups in total. The summed E-state index contributed by atoms with van der Waals surface area (Å²) in [6, 6.07) is 4.03. The van der Waals surface area contributed by atoms with Crippen LogP contribution in [0.25, 0.3) is 0 Å². The Hall–Kier alpha value is -0.980. The third-order valence-corrected chi connectivity index (χ3v) is 5.35. The molecule has 1 aromatic heterocycles. The lowest BCUT2D eigenvalue weighted by atomic mass is 10.2. The van der Waals surface area contributed by atoms with Gasteiger partial charge in [0, 0.05) is 31.4 Å². The van der Waals surface area contributed by atoms with Crippen molar-refractivity contribution in [2.24, 2.45) is 0 Å². The Kier molecular flexibility index (Phi) is 5.35. The van der Waals surface area contributed by atoms with Crippen LogP contribution in [0.4, 0.5) is 0 Å². The molecule has 1 aromatic rings. The van der Waals surface area contributed by atoms with Gasteiger partial charge in [-0.1, -0.05) is 26.8 Å². The molecule has 0 spiro atoms. The van der Waals surface area contributed by atoms with Crippen molar-refractivity contribution in [1.29, 1.82) is 0 Å². The van der Waals surface area contributed by atoms with E-state index in [-0.39, 0.29) is 11.1 Å². The first-order chi connectivity index (χ1) is 9.95. The van der Waals surface area contributed by atoms with Crippen molar-refractivity contribution >= 4 is 10.0 Å². The summed E-state index contributed by atoms with van der Waals surface area (Å²) < 4.78 is 26.9. The third-order valence-electron chi connectivity index (χ3n) is 3.48. The summed E-state index contributed by atoms with van der Waals surface area (Å²) in [5.74, 6) is 0. The van der Waals surface area contributed by atoms with Crippen LogP contribution in [0.2, 0.25) is 0 Å². The van der Waals surface area contributed by atoms with Crippen molar-refractivity contribution in [2.75, 3.05) is 6.54 Å². The lowest BCUT2D eigenvalue weighted by Gasteiger charge is -2.20. The van der Waals surface area contributed by atoms with E-state index in [0.717, 1.165) is 24.8 Å². The molecule has 0 saturated heterocycles. The minimum atomic E-state index is -3.45. The second-order valence-electron chi connectivity index (χ2n) is 5.89. The number of nitrogens with one attached hydrogen (secondary N) is 1. The van der Waals surface area contributed by atoms with Crippen LogP contribution in [0, 0.1) is 0 Å². The lowest BCUT2D eigenvalue weighted by molar-refractivity contribution is 0.401. The summed E-state index contributed by atoms with van der Waals surface area (Å²) in [4.78, 5) is 4.17. The molecular weight excluding hydrogens is 286 g/mol. The maximum atomic E-state index is 12.6. The highest BCUT2D eigenvalue weighted by Crippen LogP contribution is 2.31. The van der Waals surface area contributed by atoms with Crippen molar-refractivity contribution in [3.8, 4) is 0 Å². The van der Waals surface area contributed by atoms with Crippen LogP contribution < -0.4 is 5.32 Å². The minimum Gasteiger partial charge on any atom is -0.310 e. The number of rotatable bonds is 8. The average molecular weight is 311 g/mol. The molecule has 2 rings (SSSR count). The fourth-order valence-electron chi connectivity index (χ4n) is 2.19. The minimum absolute atomic E-state index is 0.163. The highest BCUT2D eigenvalue weighted by molar-refractivity contribution is 7.89. The molecule has 118 valence electrons. The predicted octanol–water partition coefficient (Wildman–Crippen LogP) is 2.14. The van der Waals surface area contributed by atoms with Crippen molar-refractivity contribution in [3.05, 3.63) is 23.9 Å². The normalized spacial score (nSPS) is 15.9. The fraction of sp³-hybridized carbons (Fsp3) is 0.667. The number of pyridine rings is 1. The Morgan fingerprint density at radius 2 is 2.10 bits per heavy atom. The number of hydrogen-bond donors (Lipinski definition) is 1. The molecule has 6 heteroatoms. The number of nitrogens with zero attached hydrogens (tertiary/aromatic N) is 2. The molecule has 1 heterocycles. The van der Waals surface area contributed by atoms with E-state index in [1.807, 2.05) is 13.0 Å². The Labute approximate surface area is 127 Å². The van der Waals surface area contributed by atoms with Crippen LogP contribution in [0.15, 0.2) is 23.4 Å². The molecule has 0 unspecified atom stereocenters. The number of sulfonamides is 1. The van der Waals surface area contributed by atoms with E-state index in [0.29, 0.717) is 19.1 Å². The SMILES string of the molecule is CCCN(C1CC1)S(=O)(=O)c1ccc(CNC(C)C)cn1. The van der Waals surface area contributed by atoms with Crippen LogP contribution in [-0.2, 0) is 16.6 Å².